The molecular formula is C15H31NOS. The average Bonchev–Trinajstić information content (AvgIpc) is 2.36. The maximum Gasteiger partial charge on any atom is 0.0501 e. The van der Waals surface area contributed by atoms with Gasteiger partial charge >= 0.3 is 0 Å². The van der Waals surface area contributed by atoms with Gasteiger partial charge in [-0.1, -0.05) is 40.5 Å². The van der Waals surface area contributed by atoms with E-state index in [-0.39, 0.29) is 11.3 Å². The van der Waals surface area contributed by atoms with Gasteiger partial charge in [0.05, 0.1) is 5.25 Å². The standard InChI is InChI=1S/C15H31NOS/c1-5-7-10-18(17)14-11-12(8-9-13(14)16)15(3,4)6-2/h12-14H,5-11,16H2,1-4H3. The molecule has 2 N–H and O–H groups in total. The summed E-state index contributed by atoms with van der Waals surface area (Å²) in [6, 6.07) is 0.159. The molecule has 0 amide bonds. The molecule has 0 aromatic heterocycles. The van der Waals surface area contributed by atoms with E-state index in [1.807, 2.05) is 0 Å². The van der Waals surface area contributed by atoms with Crippen molar-refractivity contribution in [1.29, 1.82) is 0 Å². The predicted molar refractivity (Wildman–Crippen MR) is 81.1 cm³/mol. The lowest BCUT2D eigenvalue weighted by atomic mass is 9.69. The lowest BCUT2D eigenvalue weighted by Crippen LogP contribution is -2.46. The van der Waals surface area contributed by atoms with Gasteiger partial charge in [-0.3, -0.25) is 4.21 Å². The van der Waals surface area contributed by atoms with Gasteiger partial charge in [0.15, 0.2) is 0 Å². The van der Waals surface area contributed by atoms with E-state index < -0.39 is 10.8 Å². The van der Waals surface area contributed by atoms with Gasteiger partial charge in [0.25, 0.3) is 0 Å². The average molecular weight is 273 g/mol. The highest BCUT2D eigenvalue weighted by atomic mass is 32.2. The number of hydrogen-bond acceptors (Lipinski definition) is 2. The summed E-state index contributed by atoms with van der Waals surface area (Å²) in [6.45, 7) is 9.11. The minimum atomic E-state index is -0.719. The van der Waals surface area contributed by atoms with Gasteiger partial charge in [0.2, 0.25) is 0 Å². The van der Waals surface area contributed by atoms with Crippen molar-refractivity contribution in [2.45, 2.75) is 77.5 Å². The molecule has 0 bridgehead atoms. The van der Waals surface area contributed by atoms with Crippen LogP contribution in [-0.4, -0.2) is 21.3 Å². The highest BCUT2D eigenvalue weighted by Crippen LogP contribution is 2.41. The molecule has 108 valence electrons. The smallest absolute Gasteiger partial charge is 0.0501 e. The van der Waals surface area contributed by atoms with Crippen LogP contribution in [0.25, 0.3) is 0 Å². The van der Waals surface area contributed by atoms with Crippen molar-refractivity contribution < 1.29 is 4.21 Å². The zero-order chi connectivity index (χ0) is 13.8. The van der Waals surface area contributed by atoms with Crippen molar-refractivity contribution in [1.82, 2.24) is 0 Å². The van der Waals surface area contributed by atoms with Crippen LogP contribution in [0.1, 0.15) is 66.2 Å². The fourth-order valence-electron chi connectivity index (χ4n) is 2.89. The Bertz CT molecular complexity index is 278. The molecule has 1 saturated carbocycles. The van der Waals surface area contributed by atoms with Crippen molar-refractivity contribution in [3.05, 3.63) is 0 Å². The van der Waals surface area contributed by atoms with Crippen molar-refractivity contribution in [3.8, 4) is 0 Å². The third-order valence-electron chi connectivity index (χ3n) is 4.90. The molecule has 3 heteroatoms. The Morgan fingerprint density at radius 3 is 2.50 bits per heavy atom. The summed E-state index contributed by atoms with van der Waals surface area (Å²) in [6.07, 6.45) is 6.72. The first-order valence-corrected chi connectivity index (χ1v) is 8.93. The summed E-state index contributed by atoms with van der Waals surface area (Å²) >= 11 is 0. The number of hydrogen-bond donors (Lipinski definition) is 1. The molecule has 0 aliphatic heterocycles. The molecule has 0 saturated heterocycles. The maximum absolute atomic E-state index is 12.4. The monoisotopic (exact) mass is 273 g/mol. The van der Waals surface area contributed by atoms with Crippen molar-refractivity contribution >= 4 is 10.8 Å². The van der Waals surface area contributed by atoms with E-state index >= 15 is 0 Å². The zero-order valence-electron chi connectivity index (χ0n) is 12.6. The van der Waals surface area contributed by atoms with Gasteiger partial charge in [-0.25, -0.2) is 0 Å². The first-order valence-electron chi connectivity index (χ1n) is 7.55. The molecule has 0 heterocycles. The molecule has 2 nitrogen and oxygen atoms in total. The molecule has 1 aliphatic carbocycles. The molecule has 4 unspecified atom stereocenters. The van der Waals surface area contributed by atoms with Crippen LogP contribution in [0, 0.1) is 11.3 Å². The van der Waals surface area contributed by atoms with E-state index in [4.69, 9.17) is 5.73 Å². The summed E-state index contributed by atoms with van der Waals surface area (Å²) in [7, 11) is -0.719. The summed E-state index contributed by atoms with van der Waals surface area (Å²) in [4.78, 5) is 0. The summed E-state index contributed by atoms with van der Waals surface area (Å²) in [5, 5.41) is 0.237. The lowest BCUT2D eigenvalue weighted by Gasteiger charge is -2.41. The minimum Gasteiger partial charge on any atom is -0.327 e. The Morgan fingerprint density at radius 2 is 1.94 bits per heavy atom. The summed E-state index contributed by atoms with van der Waals surface area (Å²) < 4.78 is 12.4. The predicted octanol–water partition coefficient (Wildman–Crippen LogP) is 3.47. The second kappa shape index (κ2) is 7.04. The van der Waals surface area contributed by atoms with Crippen LogP contribution >= 0.6 is 0 Å². The topological polar surface area (TPSA) is 43.1 Å². The van der Waals surface area contributed by atoms with E-state index in [1.54, 1.807) is 0 Å². The van der Waals surface area contributed by atoms with Gasteiger partial charge in [-0.05, 0) is 37.0 Å². The Balaban J connectivity index is 2.64. The summed E-state index contributed by atoms with van der Waals surface area (Å²) in [5.41, 5.74) is 6.57. The van der Waals surface area contributed by atoms with Crippen LogP contribution in [-0.2, 0) is 10.8 Å². The largest absolute Gasteiger partial charge is 0.327 e. The highest BCUT2D eigenvalue weighted by Gasteiger charge is 2.38. The van der Waals surface area contributed by atoms with Crippen LogP contribution in [0.4, 0.5) is 0 Å². The minimum absolute atomic E-state index is 0.159. The molecule has 0 aromatic rings. The van der Waals surface area contributed by atoms with Crippen molar-refractivity contribution in [3.63, 3.8) is 0 Å². The van der Waals surface area contributed by atoms with Gasteiger partial charge in [-0.15, -0.1) is 0 Å². The number of nitrogens with two attached hydrogens (primary N) is 1. The second-order valence-electron chi connectivity index (χ2n) is 6.49. The fraction of sp³-hybridized carbons (Fsp3) is 1.00. The van der Waals surface area contributed by atoms with Gasteiger partial charge in [0.1, 0.15) is 0 Å². The first kappa shape index (κ1) is 16.2. The fourth-order valence-corrected chi connectivity index (χ4v) is 4.74. The number of unbranched alkanes of at least 4 members (excludes halogenated alkanes) is 1. The van der Waals surface area contributed by atoms with Crippen LogP contribution in [0.2, 0.25) is 0 Å². The SMILES string of the molecule is CCCCS(=O)C1CC(C(C)(C)CC)CCC1N. The molecule has 0 radical (unpaired) electrons. The van der Waals surface area contributed by atoms with E-state index in [2.05, 4.69) is 27.7 Å². The zero-order valence-corrected chi connectivity index (χ0v) is 13.4. The Hall–Kier alpha value is 0.110. The molecule has 1 rings (SSSR count). The van der Waals surface area contributed by atoms with E-state index in [0.29, 0.717) is 11.3 Å². The van der Waals surface area contributed by atoms with Crippen LogP contribution in [0.15, 0.2) is 0 Å². The molecule has 0 aromatic carbocycles. The highest BCUT2D eigenvalue weighted by molar-refractivity contribution is 7.85. The Morgan fingerprint density at radius 1 is 1.28 bits per heavy atom. The van der Waals surface area contributed by atoms with Crippen LogP contribution < -0.4 is 5.73 Å². The maximum atomic E-state index is 12.4. The third-order valence-corrected chi connectivity index (χ3v) is 6.80. The van der Waals surface area contributed by atoms with Crippen molar-refractivity contribution in [2.24, 2.45) is 17.1 Å². The third kappa shape index (κ3) is 4.06. The molecule has 18 heavy (non-hydrogen) atoms. The van der Waals surface area contributed by atoms with Gasteiger partial charge in [-0.2, -0.15) is 0 Å². The quantitative estimate of drug-likeness (QED) is 0.805. The van der Waals surface area contributed by atoms with Crippen molar-refractivity contribution in [2.75, 3.05) is 5.75 Å². The van der Waals surface area contributed by atoms with E-state index in [0.717, 1.165) is 31.4 Å². The Kier molecular flexibility index (Phi) is 6.32. The first-order chi connectivity index (χ1) is 8.42. The second-order valence-corrected chi connectivity index (χ2v) is 8.27. The Labute approximate surface area is 116 Å². The van der Waals surface area contributed by atoms with Gasteiger partial charge in [0, 0.05) is 22.6 Å². The summed E-state index contributed by atoms with van der Waals surface area (Å²) in [5.74, 6) is 1.53. The number of rotatable bonds is 6. The lowest BCUT2D eigenvalue weighted by molar-refractivity contribution is 0.147. The van der Waals surface area contributed by atoms with Gasteiger partial charge < -0.3 is 5.73 Å². The molecule has 4 atom stereocenters. The molecule has 0 spiro atoms. The van der Waals surface area contributed by atoms with E-state index in [1.165, 1.54) is 12.8 Å². The molecular weight excluding hydrogens is 242 g/mol. The molecule has 1 aliphatic rings. The normalized spacial score (nSPS) is 31.3. The van der Waals surface area contributed by atoms with Crippen LogP contribution in [0.5, 0.6) is 0 Å². The van der Waals surface area contributed by atoms with E-state index in [9.17, 15) is 4.21 Å². The molecule has 1 fully saturated rings. The van der Waals surface area contributed by atoms with Crippen LogP contribution in [0.3, 0.4) is 0 Å².